The summed E-state index contributed by atoms with van der Waals surface area (Å²) < 4.78 is 21.7. The molecule has 0 aromatic heterocycles. The predicted molar refractivity (Wildman–Crippen MR) is 115 cm³/mol. The number of hydrogen-bond donors (Lipinski definition) is 0. The SMILES string of the molecule is C/C=C(\C)OCO/C=C/C=C/C1CC(CCc2cccc3c2OCO3)N(CC=O)C1. The number of hydrogen-bond acceptors (Lipinski definition) is 6. The lowest BCUT2D eigenvalue weighted by Crippen LogP contribution is -2.31. The van der Waals surface area contributed by atoms with E-state index < -0.39 is 0 Å². The predicted octanol–water partition coefficient (Wildman–Crippen LogP) is 4.22. The van der Waals surface area contributed by atoms with Crippen molar-refractivity contribution >= 4 is 6.29 Å². The van der Waals surface area contributed by atoms with E-state index in [1.54, 1.807) is 6.26 Å². The molecule has 162 valence electrons. The standard InChI is InChI=1S/C24H31NO5/c1-3-19(2)28-17-27-14-5-4-7-20-15-22(25(16-20)12-13-26)11-10-21-8-6-9-23-24(21)30-18-29-23/h3-9,13-14,20,22H,10-12,15-18H2,1-2H3/b7-4+,14-5+,19-3+. The Bertz CT molecular complexity index is 786. The lowest BCUT2D eigenvalue weighted by atomic mass is 9.99. The van der Waals surface area contributed by atoms with Crippen molar-refractivity contribution in [1.29, 1.82) is 0 Å². The quantitative estimate of drug-likeness (QED) is 0.178. The van der Waals surface area contributed by atoms with Gasteiger partial charge in [0.25, 0.3) is 0 Å². The van der Waals surface area contributed by atoms with Crippen molar-refractivity contribution in [1.82, 2.24) is 4.90 Å². The van der Waals surface area contributed by atoms with Crippen molar-refractivity contribution in [2.24, 2.45) is 5.92 Å². The summed E-state index contributed by atoms with van der Waals surface area (Å²) in [6.07, 6.45) is 13.5. The normalized spacial score (nSPS) is 21.6. The van der Waals surface area contributed by atoms with E-state index in [1.165, 1.54) is 5.56 Å². The first-order valence-electron chi connectivity index (χ1n) is 10.5. The van der Waals surface area contributed by atoms with Gasteiger partial charge in [-0.25, -0.2) is 0 Å². The Morgan fingerprint density at radius 1 is 1.30 bits per heavy atom. The average molecular weight is 414 g/mol. The molecule has 2 heterocycles. The zero-order valence-electron chi connectivity index (χ0n) is 17.8. The number of benzene rings is 1. The zero-order chi connectivity index (χ0) is 21.2. The summed E-state index contributed by atoms with van der Waals surface area (Å²) in [7, 11) is 0. The molecule has 6 heteroatoms. The van der Waals surface area contributed by atoms with E-state index >= 15 is 0 Å². The molecule has 0 amide bonds. The summed E-state index contributed by atoms with van der Waals surface area (Å²) in [5, 5.41) is 0. The Morgan fingerprint density at radius 2 is 2.20 bits per heavy atom. The number of ether oxygens (including phenoxy) is 4. The molecule has 1 saturated heterocycles. The van der Waals surface area contributed by atoms with E-state index in [1.807, 2.05) is 44.2 Å². The fourth-order valence-corrected chi connectivity index (χ4v) is 3.86. The molecular weight excluding hydrogens is 382 g/mol. The van der Waals surface area contributed by atoms with Crippen LogP contribution in [-0.2, 0) is 20.7 Å². The van der Waals surface area contributed by atoms with E-state index in [-0.39, 0.29) is 13.6 Å². The highest BCUT2D eigenvalue weighted by Crippen LogP contribution is 2.37. The van der Waals surface area contributed by atoms with Gasteiger partial charge in [-0.1, -0.05) is 24.3 Å². The summed E-state index contributed by atoms with van der Waals surface area (Å²) in [5.41, 5.74) is 1.17. The van der Waals surface area contributed by atoms with Crippen molar-refractivity contribution in [3.8, 4) is 11.5 Å². The monoisotopic (exact) mass is 413 g/mol. The van der Waals surface area contributed by atoms with Crippen LogP contribution in [0.4, 0.5) is 0 Å². The molecule has 0 saturated carbocycles. The van der Waals surface area contributed by atoms with Crippen LogP contribution in [0.3, 0.4) is 0 Å². The summed E-state index contributed by atoms with van der Waals surface area (Å²) >= 11 is 0. The number of nitrogens with zero attached hydrogens (tertiary/aromatic N) is 1. The number of rotatable bonds is 11. The molecule has 2 aliphatic rings. The maximum absolute atomic E-state index is 11.1. The molecule has 0 aliphatic carbocycles. The fourth-order valence-electron chi connectivity index (χ4n) is 3.86. The Hall–Kier alpha value is -2.73. The second-order valence-corrected chi connectivity index (χ2v) is 7.50. The van der Waals surface area contributed by atoms with Gasteiger partial charge in [0, 0.05) is 12.6 Å². The molecule has 2 aliphatic heterocycles. The zero-order valence-corrected chi connectivity index (χ0v) is 17.8. The molecule has 1 aromatic carbocycles. The first-order valence-corrected chi connectivity index (χ1v) is 10.5. The van der Waals surface area contributed by atoms with E-state index in [0.29, 0.717) is 18.5 Å². The van der Waals surface area contributed by atoms with Crippen molar-refractivity contribution in [2.75, 3.05) is 26.7 Å². The van der Waals surface area contributed by atoms with Crippen molar-refractivity contribution < 1.29 is 23.7 Å². The maximum Gasteiger partial charge on any atom is 0.231 e. The second kappa shape index (κ2) is 11.5. The Morgan fingerprint density at radius 3 is 3.03 bits per heavy atom. The smallest absolute Gasteiger partial charge is 0.231 e. The minimum atomic E-state index is 0.205. The van der Waals surface area contributed by atoms with Crippen LogP contribution in [0, 0.1) is 5.92 Å². The third-order valence-electron chi connectivity index (χ3n) is 5.52. The van der Waals surface area contributed by atoms with Crippen LogP contribution < -0.4 is 9.47 Å². The van der Waals surface area contributed by atoms with E-state index in [9.17, 15) is 4.79 Å². The van der Waals surface area contributed by atoms with Crippen molar-refractivity contribution in [3.05, 3.63) is 60.1 Å². The van der Waals surface area contributed by atoms with E-state index in [0.717, 1.165) is 49.4 Å². The topological polar surface area (TPSA) is 57.2 Å². The number of para-hydroxylation sites is 1. The lowest BCUT2D eigenvalue weighted by Gasteiger charge is -2.22. The van der Waals surface area contributed by atoms with Crippen LogP contribution in [0.15, 0.2) is 54.5 Å². The van der Waals surface area contributed by atoms with E-state index in [4.69, 9.17) is 18.9 Å². The highest BCUT2D eigenvalue weighted by atomic mass is 16.7. The number of carbonyl (C=O) groups excluding carboxylic acids is 1. The van der Waals surface area contributed by atoms with Crippen LogP contribution in [0.5, 0.6) is 11.5 Å². The molecule has 1 aromatic rings. The number of aldehydes is 1. The molecule has 0 radical (unpaired) electrons. The summed E-state index contributed by atoms with van der Waals surface area (Å²) in [5.74, 6) is 2.95. The lowest BCUT2D eigenvalue weighted by molar-refractivity contribution is -0.109. The molecule has 1 fully saturated rings. The third-order valence-corrected chi connectivity index (χ3v) is 5.52. The highest BCUT2D eigenvalue weighted by Gasteiger charge is 2.30. The molecule has 2 atom stereocenters. The molecule has 2 unspecified atom stereocenters. The van der Waals surface area contributed by atoms with Crippen molar-refractivity contribution in [2.45, 2.75) is 39.2 Å². The minimum Gasteiger partial charge on any atom is -0.465 e. The van der Waals surface area contributed by atoms with Gasteiger partial charge >= 0.3 is 0 Å². The molecular formula is C24H31NO5. The van der Waals surface area contributed by atoms with Gasteiger partial charge in [0.2, 0.25) is 13.6 Å². The summed E-state index contributed by atoms with van der Waals surface area (Å²) in [6, 6.07) is 6.41. The van der Waals surface area contributed by atoms with Gasteiger partial charge in [-0.15, -0.1) is 0 Å². The minimum absolute atomic E-state index is 0.205. The van der Waals surface area contributed by atoms with E-state index in [2.05, 4.69) is 17.0 Å². The first kappa shape index (κ1) is 22.0. The third kappa shape index (κ3) is 6.13. The van der Waals surface area contributed by atoms with Crippen LogP contribution in [0.2, 0.25) is 0 Å². The number of likely N-dealkylation sites (tertiary alicyclic amines) is 1. The van der Waals surface area contributed by atoms with Crippen LogP contribution >= 0.6 is 0 Å². The molecule has 6 nitrogen and oxygen atoms in total. The summed E-state index contributed by atoms with van der Waals surface area (Å²) in [6.45, 7) is 5.67. The highest BCUT2D eigenvalue weighted by molar-refractivity contribution is 5.52. The average Bonchev–Trinajstić information content (AvgIpc) is 3.38. The van der Waals surface area contributed by atoms with Gasteiger partial charge in [0.1, 0.15) is 6.29 Å². The maximum atomic E-state index is 11.1. The Labute approximate surface area is 178 Å². The van der Waals surface area contributed by atoms with Crippen molar-refractivity contribution in [3.63, 3.8) is 0 Å². The summed E-state index contributed by atoms with van der Waals surface area (Å²) in [4.78, 5) is 13.4. The number of fused-ring (bicyclic) bond motifs is 1. The molecule has 3 rings (SSSR count). The molecule has 30 heavy (non-hydrogen) atoms. The molecule has 0 N–H and O–H groups in total. The van der Waals surface area contributed by atoms with Gasteiger partial charge in [-0.3, -0.25) is 4.90 Å². The first-order chi connectivity index (χ1) is 14.7. The van der Waals surface area contributed by atoms with Crippen LogP contribution in [-0.4, -0.2) is 43.9 Å². The number of allylic oxidation sites excluding steroid dienone is 4. The van der Waals surface area contributed by atoms with Gasteiger partial charge in [-0.05, 0) is 62.8 Å². The van der Waals surface area contributed by atoms with Crippen LogP contribution in [0.1, 0.15) is 32.3 Å². The molecule has 0 bridgehead atoms. The second-order valence-electron chi connectivity index (χ2n) is 7.50. The molecule has 0 spiro atoms. The van der Waals surface area contributed by atoms with Gasteiger partial charge in [0.05, 0.1) is 18.6 Å². The van der Waals surface area contributed by atoms with Gasteiger partial charge in [-0.2, -0.15) is 0 Å². The van der Waals surface area contributed by atoms with Crippen LogP contribution in [0.25, 0.3) is 0 Å². The largest absolute Gasteiger partial charge is 0.465 e. The number of aryl methyl sites for hydroxylation is 1. The number of carbonyl (C=O) groups is 1. The fraction of sp³-hybridized carbons (Fsp3) is 0.458. The van der Waals surface area contributed by atoms with Gasteiger partial charge in [0.15, 0.2) is 11.5 Å². The Balaban J connectivity index is 1.47. The Kier molecular flexibility index (Phi) is 8.39. The van der Waals surface area contributed by atoms with Gasteiger partial charge < -0.3 is 23.7 Å².